The lowest BCUT2D eigenvalue weighted by atomic mass is 9.87. The molecule has 0 spiro atoms. The SMILES string of the molecule is CCN(CC1(C=O)CCCC1)C1CC1. The number of aldehydes is 1. The quantitative estimate of drug-likeness (QED) is 0.627. The molecule has 0 saturated heterocycles. The Hall–Kier alpha value is -0.370. The smallest absolute Gasteiger partial charge is 0.127 e. The van der Waals surface area contributed by atoms with Crippen LogP contribution in [0.5, 0.6) is 0 Å². The topological polar surface area (TPSA) is 20.3 Å². The molecule has 0 aromatic carbocycles. The summed E-state index contributed by atoms with van der Waals surface area (Å²) in [5.74, 6) is 0. The first-order chi connectivity index (χ1) is 6.79. The lowest BCUT2D eigenvalue weighted by Crippen LogP contribution is -2.38. The van der Waals surface area contributed by atoms with Crippen LogP contribution in [0.15, 0.2) is 0 Å². The summed E-state index contributed by atoms with van der Waals surface area (Å²) in [5.41, 5.74) is 0.0264. The first-order valence-corrected chi connectivity index (χ1v) is 6.00. The summed E-state index contributed by atoms with van der Waals surface area (Å²) in [6.45, 7) is 4.35. The van der Waals surface area contributed by atoms with Crippen LogP contribution in [0.3, 0.4) is 0 Å². The van der Waals surface area contributed by atoms with Gasteiger partial charge in [0.25, 0.3) is 0 Å². The molecule has 2 rings (SSSR count). The van der Waals surface area contributed by atoms with Crippen LogP contribution in [-0.4, -0.2) is 30.3 Å². The number of nitrogens with zero attached hydrogens (tertiary/aromatic N) is 1. The Kier molecular flexibility index (Phi) is 2.91. The monoisotopic (exact) mass is 195 g/mol. The summed E-state index contributed by atoms with van der Waals surface area (Å²) in [7, 11) is 0. The summed E-state index contributed by atoms with van der Waals surface area (Å²) in [6, 6.07) is 0.803. The Morgan fingerprint density at radius 1 is 1.36 bits per heavy atom. The van der Waals surface area contributed by atoms with Gasteiger partial charge in [-0.1, -0.05) is 19.8 Å². The zero-order valence-corrected chi connectivity index (χ0v) is 9.17. The van der Waals surface area contributed by atoms with Crippen molar-refractivity contribution in [2.24, 2.45) is 5.41 Å². The Balaban J connectivity index is 1.94. The van der Waals surface area contributed by atoms with Crippen molar-refractivity contribution in [3.63, 3.8) is 0 Å². The Morgan fingerprint density at radius 3 is 2.43 bits per heavy atom. The van der Waals surface area contributed by atoms with Crippen LogP contribution in [0.1, 0.15) is 45.4 Å². The molecule has 0 aromatic rings. The molecule has 0 N–H and O–H groups in total. The lowest BCUT2D eigenvalue weighted by Gasteiger charge is -2.30. The fourth-order valence-electron chi connectivity index (χ4n) is 2.74. The molecule has 0 radical (unpaired) electrons. The van der Waals surface area contributed by atoms with Crippen molar-refractivity contribution < 1.29 is 4.79 Å². The van der Waals surface area contributed by atoms with Crippen LogP contribution in [0, 0.1) is 5.41 Å². The number of carbonyl (C=O) groups excluding carboxylic acids is 1. The van der Waals surface area contributed by atoms with E-state index in [4.69, 9.17) is 0 Å². The highest BCUT2D eigenvalue weighted by Crippen LogP contribution is 2.39. The van der Waals surface area contributed by atoms with Crippen molar-refractivity contribution in [3.8, 4) is 0 Å². The van der Waals surface area contributed by atoms with Crippen LogP contribution in [-0.2, 0) is 4.79 Å². The molecule has 0 amide bonds. The zero-order chi connectivity index (χ0) is 10.0. The van der Waals surface area contributed by atoms with Gasteiger partial charge in [-0.15, -0.1) is 0 Å². The maximum absolute atomic E-state index is 11.2. The number of hydrogen-bond acceptors (Lipinski definition) is 2. The van der Waals surface area contributed by atoms with Gasteiger partial charge >= 0.3 is 0 Å². The van der Waals surface area contributed by atoms with Gasteiger partial charge in [-0.25, -0.2) is 0 Å². The highest BCUT2D eigenvalue weighted by Gasteiger charge is 2.38. The van der Waals surface area contributed by atoms with Gasteiger partial charge in [-0.2, -0.15) is 0 Å². The Morgan fingerprint density at radius 2 is 2.00 bits per heavy atom. The first-order valence-electron chi connectivity index (χ1n) is 6.00. The van der Waals surface area contributed by atoms with Gasteiger partial charge in [0.15, 0.2) is 0 Å². The van der Waals surface area contributed by atoms with Crippen LogP contribution >= 0.6 is 0 Å². The van der Waals surface area contributed by atoms with Crippen LogP contribution in [0.25, 0.3) is 0 Å². The summed E-state index contributed by atoms with van der Waals surface area (Å²) in [6.07, 6.45) is 8.69. The molecule has 0 heterocycles. The fraction of sp³-hybridized carbons (Fsp3) is 0.917. The van der Waals surface area contributed by atoms with E-state index in [9.17, 15) is 4.79 Å². The largest absolute Gasteiger partial charge is 0.303 e. The van der Waals surface area contributed by atoms with Gasteiger partial charge < -0.3 is 4.79 Å². The fourth-order valence-corrected chi connectivity index (χ4v) is 2.74. The third-order valence-corrected chi connectivity index (χ3v) is 3.84. The maximum Gasteiger partial charge on any atom is 0.127 e. The average Bonchev–Trinajstić information content (AvgIpc) is 2.96. The molecule has 0 aromatic heterocycles. The van der Waals surface area contributed by atoms with E-state index >= 15 is 0 Å². The van der Waals surface area contributed by atoms with E-state index in [2.05, 4.69) is 11.8 Å². The van der Waals surface area contributed by atoms with E-state index in [0.29, 0.717) is 0 Å². The molecule has 2 aliphatic rings. The van der Waals surface area contributed by atoms with Gasteiger partial charge in [0.1, 0.15) is 6.29 Å². The van der Waals surface area contributed by atoms with Crippen molar-refractivity contribution in [2.75, 3.05) is 13.1 Å². The summed E-state index contributed by atoms with van der Waals surface area (Å²) in [4.78, 5) is 13.7. The molecular weight excluding hydrogens is 174 g/mol. The molecule has 0 aliphatic heterocycles. The Bertz CT molecular complexity index is 204. The van der Waals surface area contributed by atoms with Crippen molar-refractivity contribution in [1.82, 2.24) is 4.90 Å². The van der Waals surface area contributed by atoms with Crippen LogP contribution < -0.4 is 0 Å². The van der Waals surface area contributed by atoms with Crippen molar-refractivity contribution >= 4 is 6.29 Å². The van der Waals surface area contributed by atoms with Gasteiger partial charge in [-0.3, -0.25) is 4.90 Å². The van der Waals surface area contributed by atoms with Crippen LogP contribution in [0.4, 0.5) is 0 Å². The highest BCUT2D eigenvalue weighted by molar-refractivity contribution is 5.60. The van der Waals surface area contributed by atoms with Crippen molar-refractivity contribution in [1.29, 1.82) is 0 Å². The molecule has 2 aliphatic carbocycles. The Labute approximate surface area is 86.7 Å². The lowest BCUT2D eigenvalue weighted by molar-refractivity contribution is -0.117. The second kappa shape index (κ2) is 4.01. The van der Waals surface area contributed by atoms with E-state index in [1.165, 1.54) is 32.0 Å². The van der Waals surface area contributed by atoms with Gasteiger partial charge in [0, 0.05) is 18.0 Å². The number of carbonyl (C=O) groups is 1. The average molecular weight is 195 g/mol. The molecule has 0 atom stereocenters. The minimum absolute atomic E-state index is 0.0264. The third kappa shape index (κ3) is 2.00. The van der Waals surface area contributed by atoms with Gasteiger partial charge in [0.05, 0.1) is 0 Å². The van der Waals surface area contributed by atoms with Crippen molar-refractivity contribution in [2.45, 2.75) is 51.5 Å². The van der Waals surface area contributed by atoms with Gasteiger partial charge in [0.2, 0.25) is 0 Å². The van der Waals surface area contributed by atoms with Crippen LogP contribution in [0.2, 0.25) is 0 Å². The molecule has 14 heavy (non-hydrogen) atoms. The molecule has 2 heteroatoms. The zero-order valence-electron chi connectivity index (χ0n) is 9.17. The van der Waals surface area contributed by atoms with E-state index in [1.807, 2.05) is 0 Å². The minimum atomic E-state index is 0.0264. The third-order valence-electron chi connectivity index (χ3n) is 3.84. The molecule has 0 bridgehead atoms. The molecule has 80 valence electrons. The number of hydrogen-bond donors (Lipinski definition) is 0. The summed E-state index contributed by atoms with van der Waals surface area (Å²) in [5, 5.41) is 0. The highest BCUT2D eigenvalue weighted by atomic mass is 16.1. The normalized spacial score (nSPS) is 25.6. The standard InChI is InChI=1S/C12H21NO/c1-2-13(11-5-6-11)9-12(10-14)7-3-4-8-12/h10-11H,2-9H2,1H3. The maximum atomic E-state index is 11.2. The predicted octanol–water partition coefficient (Wildman–Crippen LogP) is 2.23. The van der Waals surface area contributed by atoms with E-state index in [-0.39, 0.29) is 5.41 Å². The molecule has 0 unspecified atom stereocenters. The molecule has 2 fully saturated rings. The van der Waals surface area contributed by atoms with Crippen molar-refractivity contribution in [3.05, 3.63) is 0 Å². The molecular formula is C12H21NO. The molecule has 2 nitrogen and oxygen atoms in total. The first kappa shape index (κ1) is 10.2. The van der Waals surface area contributed by atoms with Gasteiger partial charge in [-0.05, 0) is 32.2 Å². The predicted molar refractivity (Wildman–Crippen MR) is 57.2 cm³/mol. The van der Waals surface area contributed by atoms with E-state index in [1.54, 1.807) is 0 Å². The summed E-state index contributed by atoms with van der Waals surface area (Å²) >= 11 is 0. The second-order valence-electron chi connectivity index (χ2n) is 4.98. The number of rotatable bonds is 5. The van der Waals surface area contributed by atoms with E-state index < -0.39 is 0 Å². The van der Waals surface area contributed by atoms with E-state index in [0.717, 1.165) is 32.0 Å². The summed E-state index contributed by atoms with van der Waals surface area (Å²) < 4.78 is 0. The second-order valence-corrected chi connectivity index (χ2v) is 4.98. The minimum Gasteiger partial charge on any atom is -0.303 e. The molecule has 2 saturated carbocycles.